The SMILES string of the molecule is CCCCCCCCCCCCN(C(N)CC)C(N)CC. The van der Waals surface area contributed by atoms with Crippen LogP contribution in [0.3, 0.4) is 0 Å². The lowest BCUT2D eigenvalue weighted by Gasteiger charge is -2.33. The van der Waals surface area contributed by atoms with Crippen molar-refractivity contribution in [2.45, 2.75) is 110 Å². The molecule has 0 aliphatic rings. The zero-order valence-electron chi connectivity index (χ0n) is 14.9. The van der Waals surface area contributed by atoms with Crippen molar-refractivity contribution in [2.75, 3.05) is 6.54 Å². The van der Waals surface area contributed by atoms with Gasteiger partial charge in [0.1, 0.15) is 0 Å². The molecular formula is C18H41N3. The van der Waals surface area contributed by atoms with Crippen LogP contribution in [0.5, 0.6) is 0 Å². The van der Waals surface area contributed by atoms with Crippen LogP contribution in [0.15, 0.2) is 0 Å². The highest BCUT2D eigenvalue weighted by Gasteiger charge is 2.17. The van der Waals surface area contributed by atoms with E-state index < -0.39 is 0 Å². The van der Waals surface area contributed by atoms with Gasteiger partial charge in [-0.3, -0.25) is 4.90 Å². The van der Waals surface area contributed by atoms with E-state index in [-0.39, 0.29) is 12.3 Å². The molecule has 3 nitrogen and oxygen atoms in total. The summed E-state index contributed by atoms with van der Waals surface area (Å²) in [5.41, 5.74) is 12.3. The van der Waals surface area contributed by atoms with Crippen LogP contribution in [0, 0.1) is 0 Å². The molecule has 4 N–H and O–H groups in total. The molecule has 128 valence electrons. The molecule has 0 heterocycles. The molecule has 2 unspecified atom stereocenters. The zero-order chi connectivity index (χ0) is 15.9. The predicted molar refractivity (Wildman–Crippen MR) is 95.1 cm³/mol. The standard InChI is InChI=1S/C18H41N3/c1-4-7-8-9-10-11-12-13-14-15-16-21(17(19)5-2)18(20)6-3/h17-18H,4-16,19-20H2,1-3H3. The van der Waals surface area contributed by atoms with E-state index in [1.54, 1.807) is 0 Å². The number of hydrogen-bond donors (Lipinski definition) is 2. The van der Waals surface area contributed by atoms with Gasteiger partial charge in [0.25, 0.3) is 0 Å². The first kappa shape index (κ1) is 20.9. The minimum atomic E-state index is 0.124. The number of nitrogens with zero attached hydrogens (tertiary/aromatic N) is 1. The maximum absolute atomic E-state index is 6.16. The third-order valence-corrected chi connectivity index (χ3v) is 4.46. The maximum atomic E-state index is 6.16. The molecule has 0 spiro atoms. The van der Waals surface area contributed by atoms with Gasteiger partial charge in [-0.25, -0.2) is 0 Å². The number of nitrogens with two attached hydrogens (primary N) is 2. The number of rotatable bonds is 15. The first-order valence-corrected chi connectivity index (χ1v) is 9.44. The highest BCUT2D eigenvalue weighted by Crippen LogP contribution is 2.12. The van der Waals surface area contributed by atoms with E-state index in [0.29, 0.717) is 0 Å². The quantitative estimate of drug-likeness (QED) is 0.343. The lowest BCUT2D eigenvalue weighted by atomic mass is 10.1. The summed E-state index contributed by atoms with van der Waals surface area (Å²) >= 11 is 0. The van der Waals surface area contributed by atoms with Crippen molar-refractivity contribution < 1.29 is 0 Å². The molecular weight excluding hydrogens is 258 g/mol. The maximum Gasteiger partial charge on any atom is 0.0582 e. The van der Waals surface area contributed by atoms with Crippen LogP contribution in [-0.2, 0) is 0 Å². The molecule has 0 aromatic heterocycles. The van der Waals surface area contributed by atoms with E-state index in [1.807, 2.05) is 0 Å². The molecule has 21 heavy (non-hydrogen) atoms. The van der Waals surface area contributed by atoms with Gasteiger partial charge in [0.2, 0.25) is 0 Å². The van der Waals surface area contributed by atoms with Crippen molar-refractivity contribution in [3.05, 3.63) is 0 Å². The van der Waals surface area contributed by atoms with Crippen molar-refractivity contribution in [1.29, 1.82) is 0 Å². The van der Waals surface area contributed by atoms with E-state index in [0.717, 1.165) is 19.4 Å². The van der Waals surface area contributed by atoms with Gasteiger partial charge in [-0.15, -0.1) is 0 Å². The Morgan fingerprint density at radius 2 is 1.00 bits per heavy atom. The Hall–Kier alpha value is -0.120. The summed E-state index contributed by atoms with van der Waals surface area (Å²) in [6.45, 7) is 7.61. The average molecular weight is 300 g/mol. The largest absolute Gasteiger partial charge is 0.316 e. The topological polar surface area (TPSA) is 55.3 Å². The minimum absolute atomic E-state index is 0.124. The molecule has 0 amide bonds. The molecule has 0 radical (unpaired) electrons. The molecule has 0 aliphatic heterocycles. The van der Waals surface area contributed by atoms with Crippen molar-refractivity contribution in [1.82, 2.24) is 4.90 Å². The second-order valence-corrected chi connectivity index (χ2v) is 6.37. The molecule has 0 saturated heterocycles. The molecule has 0 saturated carbocycles. The summed E-state index contributed by atoms with van der Waals surface area (Å²) in [4.78, 5) is 2.28. The molecule has 0 rings (SSSR count). The van der Waals surface area contributed by atoms with Crippen molar-refractivity contribution in [3.8, 4) is 0 Å². The Morgan fingerprint density at radius 3 is 1.38 bits per heavy atom. The molecule has 0 aliphatic carbocycles. The highest BCUT2D eigenvalue weighted by atomic mass is 15.3. The average Bonchev–Trinajstić information content (AvgIpc) is 2.51. The van der Waals surface area contributed by atoms with Crippen molar-refractivity contribution >= 4 is 0 Å². The first-order chi connectivity index (χ1) is 10.2. The molecule has 0 fully saturated rings. The van der Waals surface area contributed by atoms with Gasteiger partial charge in [0.05, 0.1) is 12.3 Å². The van der Waals surface area contributed by atoms with Gasteiger partial charge in [-0.2, -0.15) is 0 Å². The van der Waals surface area contributed by atoms with E-state index in [2.05, 4.69) is 25.7 Å². The fourth-order valence-electron chi connectivity index (χ4n) is 2.83. The van der Waals surface area contributed by atoms with Crippen LogP contribution in [0.4, 0.5) is 0 Å². The summed E-state index contributed by atoms with van der Waals surface area (Å²) in [6, 6.07) is 0. The van der Waals surface area contributed by atoms with Crippen LogP contribution in [0.1, 0.15) is 97.8 Å². The normalized spacial score (nSPS) is 14.6. The first-order valence-electron chi connectivity index (χ1n) is 9.44. The van der Waals surface area contributed by atoms with Gasteiger partial charge in [-0.1, -0.05) is 78.6 Å². The van der Waals surface area contributed by atoms with Crippen LogP contribution >= 0.6 is 0 Å². The smallest absolute Gasteiger partial charge is 0.0582 e. The zero-order valence-corrected chi connectivity index (χ0v) is 14.9. The van der Waals surface area contributed by atoms with Crippen molar-refractivity contribution in [2.24, 2.45) is 11.5 Å². The fourth-order valence-corrected chi connectivity index (χ4v) is 2.83. The lowest BCUT2D eigenvalue weighted by molar-refractivity contribution is 0.128. The predicted octanol–water partition coefficient (Wildman–Crippen LogP) is 4.60. The van der Waals surface area contributed by atoms with E-state index >= 15 is 0 Å². The summed E-state index contributed by atoms with van der Waals surface area (Å²) in [7, 11) is 0. The second-order valence-electron chi connectivity index (χ2n) is 6.37. The summed E-state index contributed by atoms with van der Waals surface area (Å²) in [5.74, 6) is 0. The number of hydrogen-bond acceptors (Lipinski definition) is 3. The van der Waals surface area contributed by atoms with Gasteiger partial charge in [0.15, 0.2) is 0 Å². The Bertz CT molecular complexity index is 199. The fraction of sp³-hybridized carbons (Fsp3) is 1.00. The Labute approximate surface area is 133 Å². The third kappa shape index (κ3) is 11.1. The molecule has 3 heteroatoms. The molecule has 0 bridgehead atoms. The number of unbranched alkanes of at least 4 members (excludes halogenated alkanes) is 9. The van der Waals surface area contributed by atoms with Crippen LogP contribution in [0.25, 0.3) is 0 Å². The molecule has 0 aromatic rings. The summed E-state index contributed by atoms with van der Waals surface area (Å²) in [5, 5.41) is 0. The minimum Gasteiger partial charge on any atom is -0.316 e. The Morgan fingerprint density at radius 1 is 0.619 bits per heavy atom. The van der Waals surface area contributed by atoms with Gasteiger partial charge < -0.3 is 11.5 Å². The van der Waals surface area contributed by atoms with Crippen LogP contribution < -0.4 is 11.5 Å². The van der Waals surface area contributed by atoms with E-state index in [4.69, 9.17) is 11.5 Å². The van der Waals surface area contributed by atoms with Gasteiger partial charge >= 0.3 is 0 Å². The summed E-state index contributed by atoms with van der Waals surface area (Å²) in [6.07, 6.45) is 16.0. The second kappa shape index (κ2) is 14.8. The monoisotopic (exact) mass is 299 g/mol. The van der Waals surface area contributed by atoms with Crippen molar-refractivity contribution in [3.63, 3.8) is 0 Å². The van der Waals surface area contributed by atoms with Gasteiger partial charge in [-0.05, 0) is 19.3 Å². The van der Waals surface area contributed by atoms with Crippen LogP contribution in [0.2, 0.25) is 0 Å². The molecule has 2 atom stereocenters. The van der Waals surface area contributed by atoms with Crippen LogP contribution in [-0.4, -0.2) is 23.8 Å². The Kier molecular flexibility index (Phi) is 14.7. The molecule has 0 aromatic carbocycles. The summed E-state index contributed by atoms with van der Waals surface area (Å²) < 4.78 is 0. The van der Waals surface area contributed by atoms with E-state index in [9.17, 15) is 0 Å². The Balaban J connectivity index is 3.54. The van der Waals surface area contributed by atoms with Gasteiger partial charge in [0, 0.05) is 6.54 Å². The van der Waals surface area contributed by atoms with E-state index in [1.165, 1.54) is 64.2 Å². The highest BCUT2D eigenvalue weighted by molar-refractivity contribution is 4.70. The third-order valence-electron chi connectivity index (χ3n) is 4.46. The lowest BCUT2D eigenvalue weighted by Crippen LogP contribution is -2.51.